The van der Waals surface area contributed by atoms with Gasteiger partial charge in [0.05, 0.1) is 19.1 Å². The number of sulfonamides is 1. The van der Waals surface area contributed by atoms with Crippen LogP contribution < -0.4 is 24.8 Å². The van der Waals surface area contributed by atoms with Gasteiger partial charge in [-0.15, -0.1) is 0 Å². The summed E-state index contributed by atoms with van der Waals surface area (Å²) in [7, 11) is -0.769. The highest BCUT2D eigenvalue weighted by Crippen LogP contribution is 2.29. The molecule has 0 aliphatic carbocycles. The van der Waals surface area contributed by atoms with Crippen molar-refractivity contribution in [3.05, 3.63) is 54.5 Å². The molecule has 3 N–H and O–H groups in total. The largest absolute Gasteiger partial charge is 0.493 e. The highest BCUT2D eigenvalue weighted by atomic mass is 32.2. The third-order valence-corrected chi connectivity index (χ3v) is 5.61. The highest BCUT2D eigenvalue weighted by molar-refractivity contribution is 7.89. The molecule has 11 heteroatoms. The van der Waals surface area contributed by atoms with Crippen molar-refractivity contribution in [3.63, 3.8) is 0 Å². The number of anilines is 3. The molecule has 10 nitrogen and oxygen atoms in total. The molecule has 0 saturated carbocycles. The first-order valence-electron chi connectivity index (χ1n) is 9.40. The van der Waals surface area contributed by atoms with Gasteiger partial charge in [0.1, 0.15) is 23.3 Å². The molecule has 0 aliphatic rings. The molecule has 3 rings (SSSR count). The lowest BCUT2D eigenvalue weighted by molar-refractivity contribution is 0.354. The van der Waals surface area contributed by atoms with Crippen LogP contribution in [0.1, 0.15) is 5.82 Å². The number of methoxy groups -OCH3 is 2. The maximum Gasteiger partial charge on any atom is 0.240 e. The molecule has 0 fully saturated rings. The summed E-state index contributed by atoms with van der Waals surface area (Å²) in [6.07, 6.45) is 1.68. The summed E-state index contributed by atoms with van der Waals surface area (Å²) < 4.78 is 37.9. The number of aryl methyl sites for hydroxylation is 1. The number of hydrogen-bond donors (Lipinski definition) is 3. The lowest BCUT2D eigenvalue weighted by Gasteiger charge is -2.12. The summed E-state index contributed by atoms with van der Waals surface area (Å²) in [6.45, 7) is 2.25. The number of hydrogen-bond acceptors (Lipinski definition) is 9. The minimum absolute atomic E-state index is 0.0878. The van der Waals surface area contributed by atoms with Crippen LogP contribution in [-0.4, -0.2) is 50.7 Å². The predicted octanol–water partition coefficient (Wildman–Crippen LogP) is 2.33. The number of rotatable bonds is 10. The van der Waals surface area contributed by atoms with Gasteiger partial charge in [-0.2, -0.15) is 0 Å². The predicted molar refractivity (Wildman–Crippen MR) is 118 cm³/mol. The summed E-state index contributed by atoms with van der Waals surface area (Å²) in [5.74, 6) is 3.17. The molecule has 3 aromatic rings. The second-order valence-electron chi connectivity index (χ2n) is 6.37. The number of ether oxygens (including phenoxy) is 2. The Kier molecular flexibility index (Phi) is 7.21. The Hall–Kier alpha value is -3.44. The van der Waals surface area contributed by atoms with E-state index in [-0.39, 0.29) is 11.4 Å². The van der Waals surface area contributed by atoms with Gasteiger partial charge in [0, 0.05) is 31.4 Å². The quantitative estimate of drug-likeness (QED) is 0.404. The Morgan fingerprint density at radius 1 is 0.903 bits per heavy atom. The molecule has 0 unspecified atom stereocenters. The van der Waals surface area contributed by atoms with E-state index in [2.05, 4.69) is 30.3 Å². The summed E-state index contributed by atoms with van der Waals surface area (Å²) in [4.78, 5) is 12.9. The molecule has 2 heterocycles. The summed E-state index contributed by atoms with van der Waals surface area (Å²) in [5, 5.41) is 6.20. The van der Waals surface area contributed by atoms with Gasteiger partial charge >= 0.3 is 0 Å². The number of nitrogens with zero attached hydrogens (tertiary/aromatic N) is 3. The van der Waals surface area contributed by atoms with Gasteiger partial charge in [-0.25, -0.2) is 28.1 Å². The number of nitrogens with one attached hydrogen (secondary N) is 3. The monoisotopic (exact) mass is 444 g/mol. The van der Waals surface area contributed by atoms with Crippen molar-refractivity contribution in [3.8, 4) is 11.5 Å². The Labute approximate surface area is 181 Å². The third kappa shape index (κ3) is 6.03. The van der Waals surface area contributed by atoms with Gasteiger partial charge in [-0.3, -0.25) is 0 Å². The molecule has 2 aromatic heterocycles. The molecule has 164 valence electrons. The molecule has 0 radical (unpaired) electrons. The van der Waals surface area contributed by atoms with Crippen LogP contribution in [0, 0.1) is 6.92 Å². The van der Waals surface area contributed by atoms with Crippen molar-refractivity contribution in [1.29, 1.82) is 0 Å². The minimum atomic E-state index is -3.71. The van der Waals surface area contributed by atoms with Gasteiger partial charge in [-0.05, 0) is 31.2 Å². The summed E-state index contributed by atoms with van der Waals surface area (Å²) >= 11 is 0. The van der Waals surface area contributed by atoms with Gasteiger partial charge in [0.15, 0.2) is 11.5 Å². The van der Waals surface area contributed by atoms with E-state index in [0.29, 0.717) is 41.3 Å². The zero-order valence-electron chi connectivity index (χ0n) is 17.4. The van der Waals surface area contributed by atoms with E-state index in [1.54, 1.807) is 25.3 Å². The molecule has 0 saturated heterocycles. The molecule has 0 spiro atoms. The van der Waals surface area contributed by atoms with Crippen LogP contribution in [0.2, 0.25) is 0 Å². The number of benzene rings is 1. The van der Waals surface area contributed by atoms with E-state index >= 15 is 0 Å². The molecule has 0 bridgehead atoms. The number of pyridine rings is 1. The third-order valence-electron chi connectivity index (χ3n) is 4.15. The standard InChI is InChI=1S/C20H24N6O4S/c1-14-24-19(13-20(25-14)26-18-6-4-5-9-21-18)22-10-11-23-31(27,28)15-7-8-16(29-2)17(12-15)30-3/h4-9,12-13,23H,10-11H2,1-3H3,(H2,21,22,24,25,26). The lowest BCUT2D eigenvalue weighted by Crippen LogP contribution is -2.29. The van der Waals surface area contributed by atoms with E-state index < -0.39 is 10.0 Å². The van der Waals surface area contributed by atoms with Gasteiger partial charge in [-0.1, -0.05) is 6.07 Å². The fraction of sp³-hybridized carbons (Fsp3) is 0.250. The first kappa shape index (κ1) is 22.2. The van der Waals surface area contributed by atoms with Crippen molar-refractivity contribution in [2.24, 2.45) is 0 Å². The SMILES string of the molecule is COc1ccc(S(=O)(=O)NCCNc2cc(Nc3ccccn3)nc(C)n2)cc1OC. The van der Waals surface area contributed by atoms with E-state index in [1.165, 1.54) is 26.4 Å². The fourth-order valence-electron chi connectivity index (χ4n) is 2.73. The van der Waals surface area contributed by atoms with Crippen molar-refractivity contribution >= 4 is 27.5 Å². The normalized spacial score (nSPS) is 11.1. The molecular weight excluding hydrogens is 420 g/mol. The summed E-state index contributed by atoms with van der Waals surface area (Å²) in [5.41, 5.74) is 0. The van der Waals surface area contributed by atoms with Crippen LogP contribution in [0.4, 0.5) is 17.5 Å². The minimum Gasteiger partial charge on any atom is -0.493 e. The first-order chi connectivity index (χ1) is 14.9. The van der Waals surface area contributed by atoms with Crippen LogP contribution in [0.25, 0.3) is 0 Å². The van der Waals surface area contributed by atoms with Crippen molar-refractivity contribution in [2.45, 2.75) is 11.8 Å². The van der Waals surface area contributed by atoms with Crippen molar-refractivity contribution in [2.75, 3.05) is 37.9 Å². The van der Waals surface area contributed by atoms with Crippen molar-refractivity contribution < 1.29 is 17.9 Å². The maximum absolute atomic E-state index is 12.5. The zero-order chi connectivity index (χ0) is 22.3. The Morgan fingerprint density at radius 3 is 2.39 bits per heavy atom. The summed E-state index contributed by atoms with van der Waals surface area (Å²) in [6, 6.07) is 11.7. The molecule has 0 atom stereocenters. The van der Waals surface area contributed by atoms with Crippen LogP contribution in [0.3, 0.4) is 0 Å². The zero-order valence-corrected chi connectivity index (χ0v) is 18.2. The molecular formula is C20H24N6O4S. The Balaban J connectivity index is 1.59. The topological polar surface area (TPSA) is 127 Å². The van der Waals surface area contributed by atoms with Gasteiger partial charge in [0.2, 0.25) is 10.0 Å². The Bertz CT molecular complexity index is 1130. The van der Waals surface area contributed by atoms with E-state index in [0.717, 1.165) is 0 Å². The fourth-order valence-corrected chi connectivity index (χ4v) is 3.78. The van der Waals surface area contributed by atoms with Crippen LogP contribution in [0.15, 0.2) is 53.6 Å². The first-order valence-corrected chi connectivity index (χ1v) is 10.9. The van der Waals surface area contributed by atoms with E-state index in [9.17, 15) is 8.42 Å². The van der Waals surface area contributed by atoms with Crippen molar-refractivity contribution in [1.82, 2.24) is 19.7 Å². The van der Waals surface area contributed by atoms with E-state index in [1.807, 2.05) is 18.2 Å². The second-order valence-corrected chi connectivity index (χ2v) is 8.13. The molecule has 0 aliphatic heterocycles. The lowest BCUT2D eigenvalue weighted by atomic mass is 10.3. The molecule has 1 aromatic carbocycles. The highest BCUT2D eigenvalue weighted by Gasteiger charge is 2.16. The van der Waals surface area contributed by atoms with Gasteiger partial charge in [0.25, 0.3) is 0 Å². The van der Waals surface area contributed by atoms with Crippen LogP contribution >= 0.6 is 0 Å². The van der Waals surface area contributed by atoms with Crippen LogP contribution in [0.5, 0.6) is 11.5 Å². The number of aromatic nitrogens is 3. The van der Waals surface area contributed by atoms with Gasteiger partial charge < -0.3 is 20.1 Å². The Morgan fingerprint density at radius 2 is 1.68 bits per heavy atom. The average Bonchev–Trinajstić information content (AvgIpc) is 2.76. The second kappa shape index (κ2) is 10.0. The molecule has 31 heavy (non-hydrogen) atoms. The average molecular weight is 445 g/mol. The van der Waals surface area contributed by atoms with E-state index in [4.69, 9.17) is 9.47 Å². The smallest absolute Gasteiger partial charge is 0.240 e. The van der Waals surface area contributed by atoms with Crippen LogP contribution in [-0.2, 0) is 10.0 Å². The maximum atomic E-state index is 12.5. The molecule has 0 amide bonds.